The van der Waals surface area contributed by atoms with Crippen LogP contribution in [0.5, 0.6) is 0 Å². The molecule has 0 radical (unpaired) electrons. The Hall–Kier alpha value is -2.69. The van der Waals surface area contributed by atoms with Crippen molar-refractivity contribution in [2.24, 2.45) is 7.05 Å². The fourth-order valence-electron chi connectivity index (χ4n) is 3.46. The van der Waals surface area contributed by atoms with Gasteiger partial charge >= 0.3 is 0 Å². The number of aromatic nitrogens is 2. The van der Waals surface area contributed by atoms with Crippen molar-refractivity contribution in [2.75, 3.05) is 0 Å². The Bertz CT molecular complexity index is 955. The van der Waals surface area contributed by atoms with Crippen LogP contribution in [0.2, 0.25) is 0 Å². The van der Waals surface area contributed by atoms with Gasteiger partial charge in [-0.2, -0.15) is 5.10 Å². The van der Waals surface area contributed by atoms with Gasteiger partial charge in [0.25, 0.3) is 0 Å². The lowest BCUT2D eigenvalue weighted by Gasteiger charge is -2.15. The van der Waals surface area contributed by atoms with E-state index < -0.39 is 5.41 Å². The van der Waals surface area contributed by atoms with Crippen LogP contribution in [0, 0.1) is 12.7 Å². The first kappa shape index (κ1) is 15.8. The number of amides is 1. The largest absolute Gasteiger partial charge is 0.350 e. The number of nitrogens with one attached hydrogen (secondary N) is 1. The number of fused-ring (bicyclic) bond motifs is 1. The summed E-state index contributed by atoms with van der Waals surface area (Å²) in [5.74, 6) is -0.291. The van der Waals surface area contributed by atoms with E-state index in [9.17, 15) is 9.18 Å². The van der Waals surface area contributed by atoms with E-state index in [4.69, 9.17) is 0 Å². The molecular weight excluding hydrogens is 317 g/mol. The molecule has 0 saturated heterocycles. The highest BCUT2D eigenvalue weighted by atomic mass is 19.1. The highest BCUT2D eigenvalue weighted by Crippen LogP contribution is 2.48. The average molecular weight is 337 g/mol. The van der Waals surface area contributed by atoms with Crippen molar-refractivity contribution >= 4 is 16.8 Å². The normalized spacial score (nSPS) is 15.3. The monoisotopic (exact) mass is 337 g/mol. The van der Waals surface area contributed by atoms with Crippen LogP contribution in [0.4, 0.5) is 4.39 Å². The highest BCUT2D eigenvalue weighted by Gasteiger charge is 2.51. The first-order valence-corrected chi connectivity index (χ1v) is 8.46. The number of carbonyl (C=O) groups is 1. The summed E-state index contributed by atoms with van der Waals surface area (Å²) in [6, 6.07) is 12.4. The summed E-state index contributed by atoms with van der Waals surface area (Å²) in [6.45, 7) is 2.44. The summed E-state index contributed by atoms with van der Waals surface area (Å²) in [5, 5.41) is 8.64. The van der Waals surface area contributed by atoms with Crippen molar-refractivity contribution in [1.82, 2.24) is 15.1 Å². The predicted molar refractivity (Wildman–Crippen MR) is 94.6 cm³/mol. The molecular formula is C20H20FN3O. The Morgan fingerprint density at radius 2 is 1.96 bits per heavy atom. The number of nitrogens with zero attached hydrogens (tertiary/aromatic N) is 2. The van der Waals surface area contributed by atoms with E-state index in [0.717, 1.165) is 40.6 Å². The van der Waals surface area contributed by atoms with E-state index >= 15 is 0 Å². The minimum Gasteiger partial charge on any atom is -0.350 e. The molecule has 0 unspecified atom stereocenters. The van der Waals surface area contributed by atoms with Gasteiger partial charge in [0.05, 0.1) is 23.2 Å². The second kappa shape index (κ2) is 5.69. The number of benzene rings is 2. The van der Waals surface area contributed by atoms with Crippen LogP contribution < -0.4 is 5.32 Å². The predicted octanol–water partition coefficient (Wildman–Crippen LogP) is 3.37. The molecule has 0 spiro atoms. The van der Waals surface area contributed by atoms with Crippen LogP contribution >= 0.6 is 0 Å². The smallest absolute Gasteiger partial charge is 0.230 e. The number of rotatable bonds is 4. The third-order valence-electron chi connectivity index (χ3n) is 5.08. The van der Waals surface area contributed by atoms with Gasteiger partial charge in [0.1, 0.15) is 5.82 Å². The summed E-state index contributed by atoms with van der Waals surface area (Å²) >= 11 is 0. The van der Waals surface area contributed by atoms with Gasteiger partial charge in [-0.3, -0.25) is 9.48 Å². The minimum atomic E-state index is -0.506. The zero-order chi connectivity index (χ0) is 17.6. The van der Waals surface area contributed by atoms with Crippen molar-refractivity contribution < 1.29 is 9.18 Å². The van der Waals surface area contributed by atoms with Gasteiger partial charge in [0.2, 0.25) is 5.91 Å². The number of carbonyl (C=O) groups excluding carboxylic acids is 1. The maximum Gasteiger partial charge on any atom is 0.230 e. The average Bonchev–Trinajstić information content (AvgIpc) is 3.35. The highest BCUT2D eigenvalue weighted by molar-refractivity contribution is 5.91. The maximum atomic E-state index is 13.1. The van der Waals surface area contributed by atoms with Crippen LogP contribution in [0.1, 0.15) is 29.7 Å². The molecule has 1 aromatic heterocycles. The molecule has 2 aromatic carbocycles. The third kappa shape index (κ3) is 2.69. The number of aryl methyl sites for hydroxylation is 2. The Labute approximate surface area is 145 Å². The molecule has 128 valence electrons. The van der Waals surface area contributed by atoms with Gasteiger partial charge in [-0.15, -0.1) is 0 Å². The standard InChI is InChI=1S/C20H20FN3O/c1-13-3-8-18-16(11-13)17(23-24(18)2)12-22-19(25)20(9-10-20)14-4-6-15(21)7-5-14/h3-8,11H,9-10,12H2,1-2H3,(H,22,25). The lowest BCUT2D eigenvalue weighted by atomic mass is 9.95. The Balaban J connectivity index is 1.55. The first-order chi connectivity index (χ1) is 12.0. The fraction of sp³-hybridized carbons (Fsp3) is 0.300. The van der Waals surface area contributed by atoms with Crippen LogP contribution in [0.15, 0.2) is 42.5 Å². The Morgan fingerprint density at radius 1 is 1.24 bits per heavy atom. The molecule has 1 N–H and O–H groups in total. The summed E-state index contributed by atoms with van der Waals surface area (Å²) in [4.78, 5) is 12.8. The lowest BCUT2D eigenvalue weighted by molar-refractivity contribution is -0.123. The number of hydrogen-bond donors (Lipinski definition) is 1. The molecule has 1 aliphatic rings. The molecule has 1 aliphatic carbocycles. The lowest BCUT2D eigenvalue weighted by Crippen LogP contribution is -2.34. The van der Waals surface area contributed by atoms with Crippen molar-refractivity contribution in [3.05, 3.63) is 65.1 Å². The summed E-state index contributed by atoms with van der Waals surface area (Å²) in [6.07, 6.45) is 1.60. The molecule has 0 bridgehead atoms. The zero-order valence-corrected chi connectivity index (χ0v) is 14.3. The molecule has 1 fully saturated rings. The van der Waals surface area contributed by atoms with E-state index in [1.165, 1.54) is 12.1 Å². The zero-order valence-electron chi connectivity index (χ0n) is 14.3. The summed E-state index contributed by atoms with van der Waals surface area (Å²) < 4.78 is 15.0. The molecule has 4 nitrogen and oxygen atoms in total. The van der Waals surface area contributed by atoms with Gasteiger partial charge in [-0.25, -0.2) is 4.39 Å². The van der Waals surface area contributed by atoms with Gasteiger partial charge in [0.15, 0.2) is 0 Å². The van der Waals surface area contributed by atoms with Crippen molar-refractivity contribution in [3.63, 3.8) is 0 Å². The molecule has 3 aromatic rings. The van der Waals surface area contributed by atoms with Gasteiger partial charge in [-0.05, 0) is 49.6 Å². The maximum absolute atomic E-state index is 13.1. The first-order valence-electron chi connectivity index (χ1n) is 8.46. The van der Waals surface area contributed by atoms with Gasteiger partial charge in [-0.1, -0.05) is 23.8 Å². The number of hydrogen-bond acceptors (Lipinski definition) is 2. The van der Waals surface area contributed by atoms with Crippen LogP contribution in [0.25, 0.3) is 10.9 Å². The fourth-order valence-corrected chi connectivity index (χ4v) is 3.46. The van der Waals surface area contributed by atoms with Crippen molar-refractivity contribution in [3.8, 4) is 0 Å². The molecule has 4 rings (SSSR count). The third-order valence-corrected chi connectivity index (χ3v) is 5.08. The number of halogens is 1. The van der Waals surface area contributed by atoms with E-state index in [0.29, 0.717) is 6.54 Å². The SMILES string of the molecule is Cc1ccc2c(c1)c(CNC(=O)C1(c3ccc(F)cc3)CC1)nn2C. The van der Waals surface area contributed by atoms with Gasteiger partial charge in [0, 0.05) is 12.4 Å². The van der Waals surface area contributed by atoms with E-state index in [2.05, 4.69) is 22.5 Å². The van der Waals surface area contributed by atoms with Crippen molar-refractivity contribution in [2.45, 2.75) is 31.7 Å². The molecule has 5 heteroatoms. The van der Waals surface area contributed by atoms with Crippen LogP contribution in [-0.4, -0.2) is 15.7 Å². The second-order valence-electron chi connectivity index (χ2n) is 6.86. The second-order valence-corrected chi connectivity index (χ2v) is 6.86. The van der Waals surface area contributed by atoms with Gasteiger partial charge < -0.3 is 5.32 Å². The van der Waals surface area contributed by atoms with Crippen molar-refractivity contribution in [1.29, 1.82) is 0 Å². The molecule has 1 heterocycles. The van der Waals surface area contributed by atoms with E-state index in [-0.39, 0.29) is 11.7 Å². The molecule has 25 heavy (non-hydrogen) atoms. The van der Waals surface area contributed by atoms with Crippen LogP contribution in [-0.2, 0) is 23.8 Å². The quantitative estimate of drug-likeness (QED) is 0.793. The molecule has 1 saturated carbocycles. The molecule has 0 atom stereocenters. The van der Waals surface area contributed by atoms with Crippen LogP contribution in [0.3, 0.4) is 0 Å². The minimum absolute atomic E-state index is 0.00874. The Morgan fingerprint density at radius 3 is 2.64 bits per heavy atom. The summed E-state index contributed by atoms with van der Waals surface area (Å²) in [7, 11) is 1.91. The molecule has 1 amide bonds. The summed E-state index contributed by atoms with van der Waals surface area (Å²) in [5.41, 5.74) is 3.46. The topological polar surface area (TPSA) is 46.9 Å². The van der Waals surface area contributed by atoms with E-state index in [1.807, 2.05) is 24.7 Å². The van der Waals surface area contributed by atoms with E-state index in [1.54, 1.807) is 12.1 Å². The Kier molecular flexibility index (Phi) is 3.60. The molecule has 0 aliphatic heterocycles.